The molecular weight excluding hydrogens is 346 g/mol. The summed E-state index contributed by atoms with van der Waals surface area (Å²) in [6.07, 6.45) is 4.95. The number of ketones is 1. The number of benzene rings is 1. The van der Waals surface area contributed by atoms with Gasteiger partial charge in [0, 0.05) is 11.3 Å². The molecule has 0 saturated heterocycles. The van der Waals surface area contributed by atoms with E-state index in [-0.39, 0.29) is 30.7 Å². The van der Waals surface area contributed by atoms with Gasteiger partial charge in [-0.1, -0.05) is 0 Å². The Hall–Kier alpha value is -2.21. The van der Waals surface area contributed by atoms with Gasteiger partial charge >= 0.3 is 5.97 Å². The number of hydrogen-bond donors (Lipinski definition) is 2. The minimum Gasteiger partial charge on any atom is -0.457 e. The second kappa shape index (κ2) is 5.64. The number of Topliss-reactive ketones (excluding diaryl/α,β-unsaturated/α-hetero) is 1. The van der Waals surface area contributed by atoms with Crippen LogP contribution in [-0.2, 0) is 20.7 Å². The highest BCUT2D eigenvalue weighted by atomic mass is 16.5. The molecule has 2 unspecified atom stereocenters. The molecule has 4 aliphatic carbocycles. The third-order valence-electron chi connectivity index (χ3n) is 6.85. The Morgan fingerprint density at radius 1 is 1.19 bits per heavy atom. The fourth-order valence-corrected chi connectivity index (χ4v) is 6.22. The molecule has 4 atom stereocenters. The normalized spacial score (nSPS) is 35.7. The van der Waals surface area contributed by atoms with Crippen LogP contribution >= 0.6 is 0 Å². The highest BCUT2D eigenvalue weighted by Gasteiger charge is 2.60. The summed E-state index contributed by atoms with van der Waals surface area (Å²) in [6, 6.07) is 5.05. The monoisotopic (exact) mass is 369 g/mol. The standard InChI is InChI=1S/C21H23NO5/c23-17(14-1-2-16-15(4-14)5-18(24)22-16)10-27-19(25)20-6-12-3-13(7-20)9-21(26,8-12)11-20/h1-2,4,12-13,26H,3,5-11H2,(H,22,24)/t12-,13+,20?,21?. The maximum absolute atomic E-state index is 12.9. The molecule has 4 saturated carbocycles. The first-order valence-corrected chi connectivity index (χ1v) is 9.70. The van der Waals surface area contributed by atoms with E-state index in [1.165, 1.54) is 0 Å². The van der Waals surface area contributed by atoms with Crippen LogP contribution in [0.5, 0.6) is 0 Å². The van der Waals surface area contributed by atoms with Crippen LogP contribution in [0.2, 0.25) is 0 Å². The number of ether oxygens (including phenoxy) is 1. The van der Waals surface area contributed by atoms with Gasteiger partial charge in [0.05, 0.1) is 17.4 Å². The molecule has 1 heterocycles. The number of rotatable bonds is 4. The minimum atomic E-state index is -0.730. The third-order valence-corrected chi connectivity index (χ3v) is 6.85. The van der Waals surface area contributed by atoms with Crippen molar-refractivity contribution in [2.24, 2.45) is 17.3 Å². The average molecular weight is 369 g/mol. The van der Waals surface area contributed by atoms with Crippen molar-refractivity contribution in [2.45, 2.75) is 50.5 Å². The summed E-state index contributed by atoms with van der Waals surface area (Å²) >= 11 is 0. The summed E-state index contributed by atoms with van der Waals surface area (Å²) in [4.78, 5) is 36.8. The second-order valence-corrected chi connectivity index (χ2v) is 9.06. The first-order chi connectivity index (χ1) is 12.8. The van der Waals surface area contributed by atoms with E-state index in [9.17, 15) is 19.5 Å². The summed E-state index contributed by atoms with van der Waals surface area (Å²) in [5.74, 6) is 0.0959. The van der Waals surface area contributed by atoms with Crippen LogP contribution in [0.3, 0.4) is 0 Å². The Bertz CT molecular complexity index is 846. The molecule has 6 heteroatoms. The molecule has 2 N–H and O–H groups in total. The van der Waals surface area contributed by atoms with Gasteiger partial charge in [0.1, 0.15) is 0 Å². The zero-order valence-electron chi connectivity index (χ0n) is 15.1. The van der Waals surface area contributed by atoms with E-state index in [4.69, 9.17) is 4.74 Å². The predicted octanol–water partition coefficient (Wildman–Crippen LogP) is 2.24. The Labute approximate surface area is 157 Å². The summed E-state index contributed by atoms with van der Waals surface area (Å²) in [7, 11) is 0. The van der Waals surface area contributed by atoms with Crippen molar-refractivity contribution in [3.63, 3.8) is 0 Å². The van der Waals surface area contributed by atoms with Gasteiger partial charge in [0.2, 0.25) is 5.91 Å². The molecule has 1 aromatic rings. The lowest BCUT2D eigenvalue weighted by atomic mass is 9.48. The number of esters is 1. The third kappa shape index (κ3) is 2.78. The molecule has 142 valence electrons. The van der Waals surface area contributed by atoms with Gasteiger partial charge in [0.15, 0.2) is 12.4 Å². The van der Waals surface area contributed by atoms with Gasteiger partial charge in [-0.05, 0) is 74.1 Å². The molecule has 0 radical (unpaired) electrons. The number of nitrogens with one attached hydrogen (secondary N) is 1. The summed E-state index contributed by atoms with van der Waals surface area (Å²) in [6.45, 7) is -0.297. The van der Waals surface area contributed by atoms with Gasteiger partial charge in [-0.2, -0.15) is 0 Å². The largest absolute Gasteiger partial charge is 0.457 e. The Morgan fingerprint density at radius 3 is 2.63 bits per heavy atom. The van der Waals surface area contributed by atoms with E-state index >= 15 is 0 Å². The van der Waals surface area contributed by atoms with E-state index in [0.29, 0.717) is 23.8 Å². The van der Waals surface area contributed by atoms with E-state index in [0.717, 1.165) is 43.4 Å². The zero-order chi connectivity index (χ0) is 18.8. The van der Waals surface area contributed by atoms with E-state index in [1.807, 2.05) is 0 Å². The SMILES string of the molecule is O=C1Cc2cc(C(=O)COC(=O)C34C[C@@H]5C[C@@H](CC(O)(C5)C3)C4)ccc2N1. The molecule has 1 amide bonds. The molecular formula is C21H23NO5. The first-order valence-electron chi connectivity index (χ1n) is 9.70. The summed E-state index contributed by atoms with van der Waals surface area (Å²) in [5.41, 5.74) is 0.623. The van der Waals surface area contributed by atoms with E-state index < -0.39 is 11.0 Å². The molecule has 1 aliphatic heterocycles. The van der Waals surface area contributed by atoms with Crippen molar-refractivity contribution in [3.05, 3.63) is 29.3 Å². The molecule has 5 aliphatic rings. The Kier molecular flexibility index (Phi) is 3.54. The van der Waals surface area contributed by atoms with Crippen molar-refractivity contribution in [2.75, 3.05) is 11.9 Å². The average Bonchev–Trinajstić information content (AvgIpc) is 2.96. The number of carbonyl (C=O) groups is 3. The fraction of sp³-hybridized carbons (Fsp3) is 0.571. The van der Waals surface area contributed by atoms with Crippen LogP contribution in [0.15, 0.2) is 18.2 Å². The molecule has 4 bridgehead atoms. The predicted molar refractivity (Wildman–Crippen MR) is 96.1 cm³/mol. The lowest BCUT2D eigenvalue weighted by Gasteiger charge is -2.58. The lowest BCUT2D eigenvalue weighted by molar-refractivity contribution is -0.195. The maximum Gasteiger partial charge on any atom is 0.312 e. The molecule has 6 rings (SSSR count). The highest BCUT2D eigenvalue weighted by Crippen LogP contribution is 2.61. The number of fused-ring (bicyclic) bond motifs is 1. The number of carbonyl (C=O) groups excluding carboxylic acids is 3. The molecule has 4 fully saturated rings. The van der Waals surface area contributed by atoms with E-state index in [2.05, 4.69) is 5.32 Å². The quantitative estimate of drug-likeness (QED) is 0.627. The number of amides is 1. The van der Waals surface area contributed by atoms with Crippen LogP contribution in [0.1, 0.15) is 54.4 Å². The topological polar surface area (TPSA) is 92.7 Å². The van der Waals surface area contributed by atoms with Gasteiger partial charge in [-0.25, -0.2) is 0 Å². The molecule has 0 spiro atoms. The van der Waals surface area contributed by atoms with Crippen molar-refractivity contribution in [3.8, 4) is 0 Å². The molecule has 1 aromatic carbocycles. The fourth-order valence-electron chi connectivity index (χ4n) is 6.22. The second-order valence-electron chi connectivity index (χ2n) is 9.06. The van der Waals surface area contributed by atoms with Gasteiger partial charge in [-0.15, -0.1) is 0 Å². The van der Waals surface area contributed by atoms with Crippen LogP contribution in [0, 0.1) is 17.3 Å². The van der Waals surface area contributed by atoms with Crippen LogP contribution in [-0.4, -0.2) is 35.0 Å². The van der Waals surface area contributed by atoms with Gasteiger partial charge < -0.3 is 15.2 Å². The zero-order valence-corrected chi connectivity index (χ0v) is 15.1. The lowest BCUT2D eigenvalue weighted by Crippen LogP contribution is -2.58. The number of anilines is 1. The molecule has 0 aromatic heterocycles. The van der Waals surface area contributed by atoms with Crippen LogP contribution < -0.4 is 5.32 Å². The van der Waals surface area contributed by atoms with Crippen molar-refractivity contribution in [1.82, 2.24) is 0 Å². The van der Waals surface area contributed by atoms with Crippen LogP contribution in [0.4, 0.5) is 5.69 Å². The Balaban J connectivity index is 1.27. The van der Waals surface area contributed by atoms with E-state index in [1.54, 1.807) is 18.2 Å². The highest BCUT2D eigenvalue weighted by molar-refractivity contribution is 6.03. The van der Waals surface area contributed by atoms with Crippen molar-refractivity contribution < 1.29 is 24.2 Å². The minimum absolute atomic E-state index is 0.0826. The number of aliphatic hydroxyl groups is 1. The number of hydrogen-bond acceptors (Lipinski definition) is 5. The van der Waals surface area contributed by atoms with Crippen molar-refractivity contribution >= 4 is 23.3 Å². The van der Waals surface area contributed by atoms with Crippen molar-refractivity contribution in [1.29, 1.82) is 0 Å². The first kappa shape index (κ1) is 16.9. The Morgan fingerprint density at radius 2 is 1.93 bits per heavy atom. The maximum atomic E-state index is 12.9. The van der Waals surface area contributed by atoms with Gasteiger partial charge in [0.25, 0.3) is 0 Å². The smallest absolute Gasteiger partial charge is 0.312 e. The summed E-state index contributed by atoms with van der Waals surface area (Å²) in [5, 5.41) is 13.5. The molecule has 27 heavy (non-hydrogen) atoms. The van der Waals surface area contributed by atoms with Gasteiger partial charge in [-0.3, -0.25) is 14.4 Å². The van der Waals surface area contributed by atoms with Crippen LogP contribution in [0.25, 0.3) is 0 Å². The molecule has 6 nitrogen and oxygen atoms in total. The summed E-state index contributed by atoms with van der Waals surface area (Å²) < 4.78 is 5.45.